The van der Waals surface area contributed by atoms with Crippen LogP contribution in [0.4, 0.5) is 0 Å². The Morgan fingerprint density at radius 3 is 2.78 bits per heavy atom. The molecule has 0 saturated heterocycles. The molecule has 0 radical (unpaired) electrons. The number of thioether (sulfide) groups is 1. The van der Waals surface area contributed by atoms with Crippen molar-refractivity contribution in [2.75, 3.05) is 18.9 Å². The molecule has 1 aromatic carbocycles. The maximum atomic E-state index is 6.16. The van der Waals surface area contributed by atoms with Gasteiger partial charge in [0.15, 0.2) is 0 Å². The Balaban J connectivity index is 0.00000289. The highest BCUT2D eigenvalue weighted by Gasteiger charge is 2.03. The molecule has 0 amide bonds. The highest BCUT2D eigenvalue weighted by atomic mass is 35.5. The van der Waals surface area contributed by atoms with E-state index in [1.165, 1.54) is 5.56 Å². The van der Waals surface area contributed by atoms with Crippen molar-refractivity contribution in [2.45, 2.75) is 25.5 Å². The fraction of sp³-hybridized carbons (Fsp3) is 0.538. The minimum atomic E-state index is 0. The second-order valence-corrected chi connectivity index (χ2v) is 5.32. The lowest BCUT2D eigenvalue weighted by molar-refractivity contribution is 0.309. The lowest BCUT2D eigenvalue weighted by Gasteiger charge is -2.09. The predicted molar refractivity (Wildman–Crippen MR) is 84.3 cm³/mol. The van der Waals surface area contributed by atoms with Crippen LogP contribution in [0.2, 0.25) is 5.02 Å². The molecule has 0 bridgehead atoms. The van der Waals surface area contributed by atoms with Crippen molar-refractivity contribution in [3.05, 3.63) is 28.8 Å². The Labute approximate surface area is 125 Å². The van der Waals surface area contributed by atoms with Crippen LogP contribution in [0.5, 0.6) is 5.75 Å². The van der Waals surface area contributed by atoms with E-state index in [1.54, 1.807) is 0 Å². The van der Waals surface area contributed by atoms with Gasteiger partial charge in [-0.05, 0) is 24.1 Å². The first-order valence-electron chi connectivity index (χ1n) is 5.97. The zero-order valence-electron chi connectivity index (χ0n) is 10.7. The first-order chi connectivity index (χ1) is 8.27. The van der Waals surface area contributed by atoms with Gasteiger partial charge < -0.3 is 10.5 Å². The van der Waals surface area contributed by atoms with Crippen LogP contribution in [-0.2, 0) is 5.75 Å². The minimum absolute atomic E-state index is 0. The molecule has 0 fully saturated rings. The summed E-state index contributed by atoms with van der Waals surface area (Å²) in [6.07, 6.45) is 2.19. The van der Waals surface area contributed by atoms with Crippen LogP contribution in [0.25, 0.3) is 0 Å². The van der Waals surface area contributed by atoms with Crippen molar-refractivity contribution >= 4 is 35.8 Å². The van der Waals surface area contributed by atoms with Gasteiger partial charge in [-0.25, -0.2) is 0 Å². The standard InChI is InChI=1S/C13H20ClNOS.ClH/c1-2-3-7-16-13-5-4-11(9-12(13)14)10-17-8-6-15;/h4-5,9H,2-3,6-8,10,15H2,1H3;1H. The molecular formula is C13H21Cl2NOS. The maximum absolute atomic E-state index is 6.16. The van der Waals surface area contributed by atoms with E-state index in [9.17, 15) is 0 Å². The largest absolute Gasteiger partial charge is 0.492 e. The number of rotatable bonds is 8. The van der Waals surface area contributed by atoms with Crippen LogP contribution in [0.3, 0.4) is 0 Å². The van der Waals surface area contributed by atoms with E-state index >= 15 is 0 Å². The summed E-state index contributed by atoms with van der Waals surface area (Å²) in [5.41, 5.74) is 6.67. The Bertz CT molecular complexity index is 337. The molecule has 2 nitrogen and oxygen atoms in total. The number of ether oxygens (including phenoxy) is 1. The Morgan fingerprint density at radius 1 is 1.39 bits per heavy atom. The highest BCUT2D eigenvalue weighted by Crippen LogP contribution is 2.27. The third kappa shape index (κ3) is 6.74. The van der Waals surface area contributed by atoms with Crippen molar-refractivity contribution in [1.82, 2.24) is 0 Å². The molecule has 0 unspecified atom stereocenters. The average Bonchev–Trinajstić information content (AvgIpc) is 2.32. The van der Waals surface area contributed by atoms with Crippen LogP contribution in [0.1, 0.15) is 25.3 Å². The fourth-order valence-corrected chi connectivity index (χ4v) is 2.33. The number of unbranched alkanes of at least 4 members (excludes halogenated alkanes) is 1. The summed E-state index contributed by atoms with van der Waals surface area (Å²) in [6, 6.07) is 6.00. The summed E-state index contributed by atoms with van der Waals surface area (Å²) in [5, 5.41) is 0.701. The number of hydrogen-bond acceptors (Lipinski definition) is 3. The third-order valence-electron chi connectivity index (χ3n) is 2.28. The fourth-order valence-electron chi connectivity index (χ4n) is 1.35. The molecule has 0 spiro atoms. The van der Waals surface area contributed by atoms with Gasteiger partial charge in [-0.1, -0.05) is 31.0 Å². The number of nitrogens with two attached hydrogens (primary N) is 1. The van der Waals surface area contributed by atoms with E-state index in [2.05, 4.69) is 13.0 Å². The van der Waals surface area contributed by atoms with Gasteiger partial charge in [0, 0.05) is 18.1 Å². The lowest BCUT2D eigenvalue weighted by atomic mass is 10.2. The Hall–Kier alpha value is -0.0900. The zero-order chi connectivity index (χ0) is 12.5. The van der Waals surface area contributed by atoms with E-state index in [1.807, 2.05) is 23.9 Å². The van der Waals surface area contributed by atoms with Crippen LogP contribution < -0.4 is 10.5 Å². The molecule has 0 atom stereocenters. The molecule has 18 heavy (non-hydrogen) atoms. The van der Waals surface area contributed by atoms with Crippen molar-refractivity contribution in [3.8, 4) is 5.75 Å². The van der Waals surface area contributed by atoms with Gasteiger partial charge in [-0.15, -0.1) is 12.4 Å². The summed E-state index contributed by atoms with van der Waals surface area (Å²) >= 11 is 7.98. The van der Waals surface area contributed by atoms with Crippen LogP contribution in [0, 0.1) is 0 Å². The van der Waals surface area contributed by atoms with E-state index in [0.29, 0.717) is 5.02 Å². The van der Waals surface area contributed by atoms with Gasteiger partial charge in [0.2, 0.25) is 0 Å². The third-order valence-corrected chi connectivity index (χ3v) is 3.64. The minimum Gasteiger partial charge on any atom is -0.492 e. The summed E-state index contributed by atoms with van der Waals surface area (Å²) in [5.74, 6) is 2.71. The van der Waals surface area contributed by atoms with E-state index in [0.717, 1.165) is 43.2 Å². The molecule has 0 aliphatic heterocycles. The van der Waals surface area contributed by atoms with Crippen LogP contribution in [-0.4, -0.2) is 18.9 Å². The van der Waals surface area contributed by atoms with Gasteiger partial charge >= 0.3 is 0 Å². The summed E-state index contributed by atoms with van der Waals surface area (Å²) in [6.45, 7) is 3.59. The first-order valence-corrected chi connectivity index (χ1v) is 7.50. The highest BCUT2D eigenvalue weighted by molar-refractivity contribution is 7.98. The summed E-state index contributed by atoms with van der Waals surface area (Å²) in [4.78, 5) is 0. The first kappa shape index (κ1) is 17.9. The molecule has 2 N–H and O–H groups in total. The lowest BCUT2D eigenvalue weighted by Crippen LogP contribution is -2.01. The van der Waals surface area contributed by atoms with Crippen molar-refractivity contribution in [3.63, 3.8) is 0 Å². The van der Waals surface area contributed by atoms with Gasteiger partial charge in [0.05, 0.1) is 11.6 Å². The molecule has 0 aromatic heterocycles. The monoisotopic (exact) mass is 309 g/mol. The summed E-state index contributed by atoms with van der Waals surface area (Å²) < 4.78 is 5.60. The smallest absolute Gasteiger partial charge is 0.137 e. The molecule has 1 aromatic rings. The molecule has 0 saturated carbocycles. The zero-order valence-corrected chi connectivity index (χ0v) is 13.0. The second kappa shape index (κ2) is 10.8. The Kier molecular flexibility index (Phi) is 10.7. The normalized spacial score (nSPS) is 9.94. The topological polar surface area (TPSA) is 35.2 Å². The Morgan fingerprint density at radius 2 is 2.17 bits per heavy atom. The van der Waals surface area contributed by atoms with Crippen LogP contribution in [0.15, 0.2) is 18.2 Å². The van der Waals surface area contributed by atoms with Gasteiger partial charge in [0.1, 0.15) is 5.75 Å². The molecular weight excluding hydrogens is 289 g/mol. The van der Waals surface area contributed by atoms with E-state index < -0.39 is 0 Å². The predicted octanol–water partition coefficient (Wildman–Crippen LogP) is 4.13. The van der Waals surface area contributed by atoms with Crippen LogP contribution >= 0.6 is 35.8 Å². The van der Waals surface area contributed by atoms with Gasteiger partial charge in [-0.3, -0.25) is 0 Å². The molecule has 1 rings (SSSR count). The number of halogens is 2. The van der Waals surface area contributed by atoms with E-state index in [-0.39, 0.29) is 12.4 Å². The van der Waals surface area contributed by atoms with E-state index in [4.69, 9.17) is 22.1 Å². The van der Waals surface area contributed by atoms with Crippen molar-refractivity contribution in [1.29, 1.82) is 0 Å². The second-order valence-electron chi connectivity index (χ2n) is 3.81. The van der Waals surface area contributed by atoms with Crippen molar-refractivity contribution in [2.24, 2.45) is 5.73 Å². The maximum Gasteiger partial charge on any atom is 0.137 e. The summed E-state index contributed by atoms with van der Waals surface area (Å²) in [7, 11) is 0. The van der Waals surface area contributed by atoms with Crippen molar-refractivity contribution < 1.29 is 4.74 Å². The quantitative estimate of drug-likeness (QED) is 0.733. The number of hydrogen-bond donors (Lipinski definition) is 1. The molecule has 0 heterocycles. The van der Waals surface area contributed by atoms with Gasteiger partial charge in [-0.2, -0.15) is 11.8 Å². The number of benzene rings is 1. The average molecular weight is 310 g/mol. The SMILES string of the molecule is CCCCOc1ccc(CSCCN)cc1Cl.Cl. The molecule has 5 heteroatoms. The molecule has 0 aliphatic carbocycles. The molecule has 0 aliphatic rings. The van der Waals surface area contributed by atoms with Gasteiger partial charge in [0.25, 0.3) is 0 Å². The molecule has 104 valence electrons.